The summed E-state index contributed by atoms with van der Waals surface area (Å²) < 4.78 is 1.85. The first-order valence-electron chi connectivity index (χ1n) is 6.92. The van der Waals surface area contributed by atoms with Gasteiger partial charge in [0.1, 0.15) is 6.04 Å². The van der Waals surface area contributed by atoms with Crippen LogP contribution in [0.2, 0.25) is 0 Å². The second-order valence-corrected chi connectivity index (χ2v) is 5.12. The third-order valence-corrected chi connectivity index (χ3v) is 3.45. The lowest BCUT2D eigenvalue weighted by Crippen LogP contribution is -2.39. The zero-order chi connectivity index (χ0) is 16.1. The van der Waals surface area contributed by atoms with Crippen LogP contribution in [0, 0.1) is 0 Å². The molecule has 0 fully saturated rings. The molecule has 7 nitrogen and oxygen atoms in total. The van der Waals surface area contributed by atoms with Crippen LogP contribution >= 0.6 is 0 Å². The third-order valence-electron chi connectivity index (χ3n) is 3.45. The number of carbonyl (C=O) groups is 1. The van der Waals surface area contributed by atoms with Gasteiger partial charge in [-0.15, -0.1) is 0 Å². The van der Waals surface area contributed by atoms with Crippen LogP contribution in [-0.4, -0.2) is 50.9 Å². The largest absolute Gasteiger partial charge is 0.480 e. The Labute approximate surface area is 127 Å². The van der Waals surface area contributed by atoms with Crippen LogP contribution in [0.4, 0.5) is 0 Å². The molecule has 0 aliphatic carbocycles. The van der Waals surface area contributed by atoms with E-state index in [1.165, 1.54) is 13.1 Å². The average Bonchev–Trinajstić information content (AvgIpc) is 2.83. The number of para-hydroxylation sites is 1. The summed E-state index contributed by atoms with van der Waals surface area (Å²) in [5.74, 6) is -0.958. The molecular formula is C15H19N3O4. The highest BCUT2D eigenvalue weighted by molar-refractivity contribution is 5.99. The Morgan fingerprint density at radius 2 is 2.18 bits per heavy atom. The molecule has 2 unspecified atom stereocenters. The summed E-state index contributed by atoms with van der Waals surface area (Å²) in [7, 11) is 0. The number of fused-ring (bicyclic) bond motifs is 1. The fourth-order valence-electron chi connectivity index (χ4n) is 2.28. The van der Waals surface area contributed by atoms with Crippen molar-refractivity contribution in [3.8, 4) is 0 Å². The van der Waals surface area contributed by atoms with Crippen LogP contribution in [0.5, 0.6) is 0 Å². The molecule has 2 aromatic rings. The quantitative estimate of drug-likeness (QED) is 0.345. The number of aromatic nitrogens is 1. The highest BCUT2D eigenvalue weighted by Crippen LogP contribution is 2.20. The van der Waals surface area contributed by atoms with Crippen molar-refractivity contribution in [2.45, 2.75) is 25.6 Å². The van der Waals surface area contributed by atoms with Crippen molar-refractivity contribution in [1.82, 2.24) is 9.88 Å². The number of hydrogen-bond donors (Lipinski definition) is 4. The molecule has 0 spiro atoms. The number of aliphatic carboxylic acids is 1. The van der Waals surface area contributed by atoms with Gasteiger partial charge in [-0.25, -0.2) is 0 Å². The smallest absolute Gasteiger partial charge is 0.320 e. The summed E-state index contributed by atoms with van der Waals surface area (Å²) in [5.41, 5.74) is 1.65. The summed E-state index contributed by atoms with van der Waals surface area (Å²) in [6, 6.07) is 6.86. The van der Waals surface area contributed by atoms with Crippen LogP contribution in [0.1, 0.15) is 12.5 Å². The van der Waals surface area contributed by atoms with Gasteiger partial charge in [0.05, 0.1) is 12.3 Å². The molecule has 22 heavy (non-hydrogen) atoms. The van der Waals surface area contributed by atoms with E-state index in [0.29, 0.717) is 6.54 Å². The van der Waals surface area contributed by atoms with Crippen LogP contribution in [0.15, 0.2) is 35.6 Å². The number of nitrogens with zero attached hydrogens (tertiary/aromatic N) is 2. The van der Waals surface area contributed by atoms with Crippen molar-refractivity contribution in [3.63, 3.8) is 0 Å². The summed E-state index contributed by atoms with van der Waals surface area (Å²) in [6.45, 7) is 2.00. The molecule has 2 atom stereocenters. The van der Waals surface area contributed by atoms with Gasteiger partial charge < -0.3 is 25.3 Å². The molecule has 0 saturated heterocycles. The molecular weight excluding hydrogens is 286 g/mol. The molecule has 0 bridgehead atoms. The Balaban J connectivity index is 2.12. The molecule has 7 heteroatoms. The first-order chi connectivity index (χ1) is 10.5. The maximum Gasteiger partial charge on any atom is 0.320 e. The van der Waals surface area contributed by atoms with Crippen LogP contribution in [0.3, 0.4) is 0 Å². The fourth-order valence-corrected chi connectivity index (χ4v) is 2.28. The van der Waals surface area contributed by atoms with Gasteiger partial charge in [0, 0.05) is 35.8 Å². The fraction of sp³-hybridized carbons (Fsp3) is 0.333. The van der Waals surface area contributed by atoms with E-state index in [0.717, 1.165) is 16.5 Å². The van der Waals surface area contributed by atoms with E-state index >= 15 is 0 Å². The third kappa shape index (κ3) is 3.63. The molecule has 0 aliphatic heterocycles. The molecule has 4 N–H and O–H groups in total. The lowest BCUT2D eigenvalue weighted by Gasteiger charge is -2.15. The standard InChI is InChI=1S/C15H19N3O4/c1-10(15(20)21)16-7-12(19)9-18-8-11(6-17-22)13-4-2-3-5-14(13)18/h2-6,8,10,12,16,19,22H,7,9H2,1H3,(H,20,21)/b17-6+. The van der Waals surface area contributed by atoms with Gasteiger partial charge in [0.25, 0.3) is 0 Å². The Bertz CT molecular complexity index is 680. The number of aliphatic hydroxyl groups is 1. The van der Waals surface area contributed by atoms with Gasteiger partial charge in [-0.1, -0.05) is 23.4 Å². The van der Waals surface area contributed by atoms with E-state index in [-0.39, 0.29) is 6.54 Å². The average molecular weight is 305 g/mol. The molecule has 2 rings (SSSR count). The Morgan fingerprint density at radius 3 is 2.86 bits per heavy atom. The molecule has 118 valence electrons. The second kappa shape index (κ2) is 7.06. The maximum absolute atomic E-state index is 10.7. The van der Waals surface area contributed by atoms with Crippen LogP contribution in [0.25, 0.3) is 10.9 Å². The lowest BCUT2D eigenvalue weighted by atomic mass is 10.2. The van der Waals surface area contributed by atoms with E-state index in [1.807, 2.05) is 28.8 Å². The molecule has 0 saturated carbocycles. The monoisotopic (exact) mass is 305 g/mol. The van der Waals surface area contributed by atoms with E-state index < -0.39 is 18.1 Å². The summed E-state index contributed by atoms with van der Waals surface area (Å²) in [5, 5.41) is 34.3. The van der Waals surface area contributed by atoms with Crippen LogP contribution in [-0.2, 0) is 11.3 Å². The number of nitrogens with one attached hydrogen (secondary N) is 1. The predicted octanol–water partition coefficient (Wildman–Crippen LogP) is 0.873. The van der Waals surface area contributed by atoms with Gasteiger partial charge >= 0.3 is 5.97 Å². The highest BCUT2D eigenvalue weighted by Gasteiger charge is 2.14. The van der Waals surface area contributed by atoms with Crippen molar-refractivity contribution in [2.24, 2.45) is 5.16 Å². The first-order valence-corrected chi connectivity index (χ1v) is 6.92. The molecule has 0 amide bonds. The van der Waals surface area contributed by atoms with E-state index in [1.54, 1.807) is 6.20 Å². The number of hydrogen-bond acceptors (Lipinski definition) is 5. The topological polar surface area (TPSA) is 107 Å². The minimum absolute atomic E-state index is 0.170. The number of aliphatic hydroxyl groups excluding tert-OH is 1. The van der Waals surface area contributed by atoms with Crippen molar-refractivity contribution >= 4 is 23.1 Å². The molecule has 0 radical (unpaired) electrons. The number of benzene rings is 1. The van der Waals surface area contributed by atoms with Crippen molar-refractivity contribution in [1.29, 1.82) is 0 Å². The Morgan fingerprint density at radius 1 is 1.45 bits per heavy atom. The van der Waals surface area contributed by atoms with Gasteiger partial charge in [0.15, 0.2) is 0 Å². The van der Waals surface area contributed by atoms with Crippen molar-refractivity contribution in [3.05, 3.63) is 36.0 Å². The minimum atomic E-state index is -0.958. The van der Waals surface area contributed by atoms with Gasteiger partial charge in [-0.05, 0) is 13.0 Å². The predicted molar refractivity (Wildman–Crippen MR) is 82.4 cm³/mol. The number of rotatable bonds is 7. The van der Waals surface area contributed by atoms with E-state index in [4.69, 9.17) is 10.3 Å². The second-order valence-electron chi connectivity index (χ2n) is 5.12. The summed E-state index contributed by atoms with van der Waals surface area (Å²) in [6.07, 6.45) is 2.39. The molecule has 1 aromatic heterocycles. The number of oxime groups is 1. The molecule has 0 aliphatic rings. The lowest BCUT2D eigenvalue weighted by molar-refractivity contribution is -0.139. The summed E-state index contributed by atoms with van der Waals surface area (Å²) >= 11 is 0. The van der Waals surface area contributed by atoms with E-state index in [2.05, 4.69) is 10.5 Å². The first kappa shape index (κ1) is 16.0. The molecule has 1 aromatic carbocycles. The minimum Gasteiger partial charge on any atom is -0.480 e. The zero-order valence-corrected chi connectivity index (χ0v) is 12.2. The van der Waals surface area contributed by atoms with Crippen LogP contribution < -0.4 is 5.32 Å². The normalized spacial score (nSPS) is 14.5. The van der Waals surface area contributed by atoms with Gasteiger partial charge in [-0.3, -0.25) is 4.79 Å². The van der Waals surface area contributed by atoms with Crippen molar-refractivity contribution < 1.29 is 20.2 Å². The zero-order valence-electron chi connectivity index (χ0n) is 12.2. The number of carboxylic acid groups (broad SMARTS) is 1. The molecule has 1 heterocycles. The van der Waals surface area contributed by atoms with Gasteiger partial charge in [-0.2, -0.15) is 0 Å². The van der Waals surface area contributed by atoms with E-state index in [9.17, 15) is 9.90 Å². The van der Waals surface area contributed by atoms with Gasteiger partial charge in [0.2, 0.25) is 0 Å². The SMILES string of the molecule is CC(NCC(O)Cn1cc(/C=N/O)c2ccccc21)C(=O)O. The highest BCUT2D eigenvalue weighted by atomic mass is 16.4. The maximum atomic E-state index is 10.7. The number of carboxylic acids is 1. The Hall–Kier alpha value is -2.38. The summed E-state index contributed by atoms with van der Waals surface area (Å²) in [4.78, 5) is 10.7. The van der Waals surface area contributed by atoms with Crippen molar-refractivity contribution in [2.75, 3.05) is 6.54 Å². The Kier molecular flexibility index (Phi) is 5.13.